The van der Waals surface area contributed by atoms with Gasteiger partial charge in [-0.25, -0.2) is 0 Å². The first-order valence-corrected chi connectivity index (χ1v) is 8.70. The highest BCUT2D eigenvalue weighted by molar-refractivity contribution is 5.69. The number of ether oxygens (including phenoxy) is 2. The summed E-state index contributed by atoms with van der Waals surface area (Å²) in [7, 11) is 5.06. The Balaban J connectivity index is 1.80. The molecule has 0 bridgehead atoms. The van der Waals surface area contributed by atoms with Crippen molar-refractivity contribution in [1.82, 2.24) is 4.98 Å². The minimum atomic E-state index is 0.255. The third-order valence-electron chi connectivity index (χ3n) is 4.17. The minimum Gasteiger partial charge on any atom is -0.493 e. The van der Waals surface area contributed by atoms with Gasteiger partial charge < -0.3 is 18.8 Å². The normalized spacial score (nSPS) is 10.6. The fourth-order valence-electron chi connectivity index (χ4n) is 2.78. The molecule has 0 unspecified atom stereocenters. The van der Waals surface area contributed by atoms with Gasteiger partial charge >= 0.3 is 0 Å². The number of rotatable bonds is 7. The van der Waals surface area contributed by atoms with Crippen LogP contribution in [0.2, 0.25) is 0 Å². The third kappa shape index (κ3) is 4.33. The van der Waals surface area contributed by atoms with E-state index in [1.54, 1.807) is 20.3 Å². The van der Waals surface area contributed by atoms with Crippen molar-refractivity contribution in [3.63, 3.8) is 0 Å². The van der Waals surface area contributed by atoms with Crippen molar-refractivity contribution in [3.8, 4) is 17.6 Å². The Bertz CT molecular complexity index is 1000. The standard InChI is InChI=1S/C22H21N3O3/c1-25(15-17-7-5-4-6-8-17)22-18(14-23)24-21(28-22)12-10-16-9-11-19(26-2)20(13-16)27-3/h4-13H,15H2,1-3H3/b12-10+. The first kappa shape index (κ1) is 19.1. The van der Waals surface area contributed by atoms with Crippen LogP contribution in [0.1, 0.15) is 22.7 Å². The van der Waals surface area contributed by atoms with Gasteiger partial charge in [0.1, 0.15) is 6.07 Å². The zero-order chi connectivity index (χ0) is 19.9. The van der Waals surface area contributed by atoms with Crippen molar-refractivity contribution in [2.45, 2.75) is 6.54 Å². The Morgan fingerprint density at radius 2 is 1.82 bits per heavy atom. The molecule has 0 fully saturated rings. The SMILES string of the molecule is COc1ccc(/C=C/c2nc(C#N)c(N(C)Cc3ccccc3)o2)cc1OC. The smallest absolute Gasteiger partial charge is 0.235 e. The van der Waals surface area contributed by atoms with Gasteiger partial charge in [-0.05, 0) is 29.3 Å². The van der Waals surface area contributed by atoms with Crippen LogP contribution < -0.4 is 14.4 Å². The Hall–Kier alpha value is -3.72. The average Bonchev–Trinajstić information content (AvgIpc) is 3.16. The predicted molar refractivity (Wildman–Crippen MR) is 108 cm³/mol. The van der Waals surface area contributed by atoms with Gasteiger partial charge in [-0.3, -0.25) is 0 Å². The molecular formula is C22H21N3O3. The van der Waals surface area contributed by atoms with Gasteiger partial charge in [0.25, 0.3) is 0 Å². The molecule has 3 rings (SSSR count). The molecule has 0 N–H and O–H groups in total. The molecule has 3 aromatic rings. The van der Waals surface area contributed by atoms with E-state index in [4.69, 9.17) is 13.9 Å². The summed E-state index contributed by atoms with van der Waals surface area (Å²) in [5.41, 5.74) is 2.27. The molecule has 0 aliphatic heterocycles. The van der Waals surface area contributed by atoms with E-state index in [9.17, 15) is 5.26 Å². The predicted octanol–water partition coefficient (Wildman–Crippen LogP) is 4.37. The van der Waals surface area contributed by atoms with Crippen molar-refractivity contribution < 1.29 is 13.9 Å². The van der Waals surface area contributed by atoms with Crippen LogP contribution in [0.4, 0.5) is 5.88 Å². The number of aromatic nitrogens is 1. The van der Waals surface area contributed by atoms with E-state index in [1.165, 1.54) is 0 Å². The molecule has 28 heavy (non-hydrogen) atoms. The van der Waals surface area contributed by atoms with Gasteiger partial charge in [0.05, 0.1) is 14.2 Å². The van der Waals surface area contributed by atoms with Crippen LogP contribution in [-0.2, 0) is 6.54 Å². The quantitative estimate of drug-likeness (QED) is 0.611. The lowest BCUT2D eigenvalue weighted by Gasteiger charge is -2.15. The van der Waals surface area contributed by atoms with Gasteiger partial charge in [0.15, 0.2) is 11.5 Å². The van der Waals surface area contributed by atoms with Gasteiger partial charge in [0.2, 0.25) is 17.5 Å². The molecular weight excluding hydrogens is 354 g/mol. The molecule has 0 radical (unpaired) electrons. The molecule has 0 saturated carbocycles. The van der Waals surface area contributed by atoms with E-state index < -0.39 is 0 Å². The number of methoxy groups -OCH3 is 2. The van der Waals surface area contributed by atoms with E-state index >= 15 is 0 Å². The van der Waals surface area contributed by atoms with E-state index in [0.29, 0.717) is 29.8 Å². The number of hydrogen-bond acceptors (Lipinski definition) is 6. The molecule has 1 aromatic heterocycles. The zero-order valence-electron chi connectivity index (χ0n) is 16.0. The van der Waals surface area contributed by atoms with E-state index in [2.05, 4.69) is 11.1 Å². The second-order valence-corrected chi connectivity index (χ2v) is 6.11. The first-order valence-electron chi connectivity index (χ1n) is 8.70. The molecule has 6 nitrogen and oxygen atoms in total. The topological polar surface area (TPSA) is 71.5 Å². The molecule has 0 amide bonds. The van der Waals surface area contributed by atoms with E-state index in [1.807, 2.05) is 66.6 Å². The molecule has 142 valence electrons. The Kier molecular flexibility index (Phi) is 5.97. The lowest BCUT2D eigenvalue weighted by molar-refractivity contribution is 0.355. The van der Waals surface area contributed by atoms with Crippen LogP contribution >= 0.6 is 0 Å². The molecule has 1 heterocycles. The molecule has 0 aliphatic carbocycles. The summed E-state index contributed by atoms with van der Waals surface area (Å²) >= 11 is 0. The number of hydrogen-bond donors (Lipinski definition) is 0. The van der Waals surface area contributed by atoms with E-state index in [0.717, 1.165) is 11.1 Å². The molecule has 0 saturated heterocycles. The fourth-order valence-corrected chi connectivity index (χ4v) is 2.78. The highest BCUT2D eigenvalue weighted by Gasteiger charge is 2.16. The number of nitrogens with zero attached hydrogens (tertiary/aromatic N) is 3. The second-order valence-electron chi connectivity index (χ2n) is 6.11. The van der Waals surface area contributed by atoms with Gasteiger partial charge in [-0.15, -0.1) is 0 Å². The lowest BCUT2D eigenvalue weighted by atomic mass is 10.2. The summed E-state index contributed by atoms with van der Waals surface area (Å²) in [5.74, 6) is 2.10. The monoisotopic (exact) mass is 375 g/mol. The van der Waals surface area contributed by atoms with Gasteiger partial charge in [-0.1, -0.05) is 36.4 Å². The Labute approximate surface area is 164 Å². The Morgan fingerprint density at radius 1 is 1.07 bits per heavy atom. The number of nitriles is 1. The maximum absolute atomic E-state index is 9.40. The molecule has 2 aromatic carbocycles. The first-order chi connectivity index (χ1) is 13.6. The van der Waals surface area contributed by atoms with Crippen LogP contribution in [0.25, 0.3) is 12.2 Å². The summed E-state index contributed by atoms with van der Waals surface area (Å²) in [6.07, 6.45) is 3.57. The summed E-state index contributed by atoms with van der Waals surface area (Å²) in [4.78, 5) is 6.14. The second kappa shape index (κ2) is 8.78. The summed E-state index contributed by atoms with van der Waals surface area (Å²) in [6, 6.07) is 17.6. The van der Waals surface area contributed by atoms with Crippen LogP contribution in [-0.4, -0.2) is 26.3 Å². The maximum Gasteiger partial charge on any atom is 0.235 e. The van der Waals surface area contributed by atoms with Gasteiger partial charge in [0, 0.05) is 19.7 Å². The van der Waals surface area contributed by atoms with Crippen molar-refractivity contribution in [2.24, 2.45) is 0 Å². The molecule has 0 atom stereocenters. The highest BCUT2D eigenvalue weighted by atomic mass is 16.5. The molecule has 6 heteroatoms. The van der Waals surface area contributed by atoms with Crippen LogP contribution in [0.5, 0.6) is 11.5 Å². The summed E-state index contributed by atoms with van der Waals surface area (Å²) in [5, 5.41) is 9.40. The summed E-state index contributed by atoms with van der Waals surface area (Å²) in [6.45, 7) is 0.615. The van der Waals surface area contributed by atoms with Crippen molar-refractivity contribution in [3.05, 3.63) is 71.2 Å². The minimum absolute atomic E-state index is 0.255. The third-order valence-corrected chi connectivity index (χ3v) is 4.17. The van der Waals surface area contributed by atoms with Gasteiger partial charge in [-0.2, -0.15) is 10.2 Å². The Morgan fingerprint density at radius 3 is 2.50 bits per heavy atom. The van der Waals surface area contributed by atoms with Crippen LogP contribution in [0, 0.1) is 11.3 Å². The van der Waals surface area contributed by atoms with Crippen LogP contribution in [0.15, 0.2) is 52.9 Å². The maximum atomic E-state index is 9.40. The number of anilines is 1. The highest BCUT2D eigenvalue weighted by Crippen LogP contribution is 2.29. The fraction of sp³-hybridized carbons (Fsp3) is 0.182. The van der Waals surface area contributed by atoms with Crippen molar-refractivity contribution >= 4 is 18.0 Å². The van der Waals surface area contributed by atoms with E-state index in [-0.39, 0.29) is 5.69 Å². The molecule has 0 aliphatic rings. The lowest BCUT2D eigenvalue weighted by Crippen LogP contribution is -2.16. The number of oxazole rings is 1. The largest absolute Gasteiger partial charge is 0.493 e. The zero-order valence-corrected chi connectivity index (χ0v) is 16.0. The van der Waals surface area contributed by atoms with Crippen molar-refractivity contribution in [2.75, 3.05) is 26.2 Å². The van der Waals surface area contributed by atoms with Crippen LogP contribution in [0.3, 0.4) is 0 Å². The summed E-state index contributed by atoms with van der Waals surface area (Å²) < 4.78 is 16.4. The van der Waals surface area contributed by atoms with Crippen molar-refractivity contribution in [1.29, 1.82) is 5.26 Å². The molecule has 0 spiro atoms. The average molecular weight is 375 g/mol. The number of benzene rings is 2.